The second-order valence-electron chi connectivity index (χ2n) is 0.619. The molecule has 2 nitrogen and oxygen atoms in total. The van der Waals surface area contributed by atoms with E-state index in [9.17, 15) is 9.13 Å². The van der Waals surface area contributed by atoms with Crippen molar-refractivity contribution in [3.05, 3.63) is 18.1 Å². The minimum atomic E-state index is -2.40. The maximum Gasteiger partial charge on any atom is 6.00 e. The molecule has 0 atom stereocenters. The van der Waals surface area contributed by atoms with Gasteiger partial charge in [0, 0.05) is 0 Å². The largest absolute Gasteiger partial charge is 6.00 e. The van der Waals surface area contributed by atoms with Crippen LogP contribution in [0, 0.1) is 0 Å². The van der Waals surface area contributed by atoms with Crippen molar-refractivity contribution in [2.45, 2.75) is 0 Å². The molecule has 0 bridgehead atoms. The maximum atomic E-state index is 9.48. The Hall–Kier alpha value is -0.481. The molecule has 0 fully saturated rings. The van der Waals surface area contributed by atoms with Gasteiger partial charge < -0.3 is 28.2 Å². The first-order chi connectivity index (χ1) is 2.77. The zero-order valence-corrected chi connectivity index (χ0v) is 7.67. The fourth-order valence-corrected chi connectivity index (χ4v) is 0.224. The van der Waals surface area contributed by atoms with Gasteiger partial charge in [0.2, 0.25) is 0 Å². The average Bonchev–Trinajstić information content (AvgIpc) is 1.35. The maximum absolute atomic E-state index is 9.48. The van der Waals surface area contributed by atoms with Gasteiger partial charge in [-0.2, -0.15) is 0 Å². The summed E-state index contributed by atoms with van der Waals surface area (Å²) in [6.07, 6.45) is 0. The van der Waals surface area contributed by atoms with Crippen molar-refractivity contribution in [2.24, 2.45) is 0 Å². The number of hydrogen-bond donors (Lipinski definition) is 0. The van der Waals surface area contributed by atoms with Crippen LogP contribution in [0.3, 0.4) is 0 Å². The van der Waals surface area contributed by atoms with Crippen molar-refractivity contribution in [1.29, 1.82) is 0 Å². The van der Waals surface area contributed by atoms with E-state index in [-0.39, 0.29) is 45.3 Å². The second kappa shape index (κ2) is 62.4. The summed E-state index contributed by atoms with van der Waals surface area (Å²) in [5.74, 6) is 0.884. The summed E-state index contributed by atoms with van der Waals surface area (Å²) in [7, 11) is -2.40. The van der Waals surface area contributed by atoms with E-state index in [1.165, 1.54) is 0 Å². The smallest absolute Gasteiger partial charge is 1.00 e. The summed E-state index contributed by atoms with van der Waals surface area (Å²) in [5, 5.41) is 0. The first-order valence-corrected chi connectivity index (χ1v) is 2.51. The molecule has 0 spiro atoms. The number of hydrogen-bond acceptors (Lipinski definition) is 2. The minimum absolute atomic E-state index is 0. The van der Waals surface area contributed by atoms with E-state index in [1.807, 2.05) is 0 Å². The Kier molecular flexibility index (Phi) is 390. The molecule has 0 unspecified atom stereocenters. The predicted molar refractivity (Wildman–Crippen MR) is 22.0 cm³/mol. The minimum Gasteiger partial charge on any atom is -1.00 e. The summed E-state index contributed by atoms with van der Waals surface area (Å²) in [4.78, 5) is 0. The van der Waals surface area contributed by atoms with Gasteiger partial charge >= 0.3 is 24.7 Å². The summed E-state index contributed by atoms with van der Waals surface area (Å²) < 4.78 is 19.0. The topological polar surface area (TPSA) is 34.1 Å². The molecule has 0 aromatic heterocycles. The third-order valence-electron chi connectivity index (χ3n) is 0.197. The molecule has 10 heteroatoms. The van der Waals surface area contributed by atoms with Crippen LogP contribution in [0.5, 0.6) is 0 Å². The van der Waals surface area contributed by atoms with Gasteiger partial charge in [0.15, 0.2) is 0 Å². The van der Waals surface area contributed by atoms with E-state index >= 15 is 0 Å². The first-order valence-electron chi connectivity index (χ1n) is 1.27. The Bertz CT molecular complexity index is 148. The van der Waals surface area contributed by atoms with Crippen molar-refractivity contribution < 1.29 is 54.4 Å². The SMILES string of the molecule is C=C=CP(=O)=O.[F-].[F-].[F-].[F-].[F-].[F-].[Fe+6]. The van der Waals surface area contributed by atoms with Gasteiger partial charge in [0.1, 0.15) is 0 Å². The molecule has 13 heavy (non-hydrogen) atoms. The van der Waals surface area contributed by atoms with Crippen LogP contribution < -0.4 is 28.2 Å². The summed E-state index contributed by atoms with van der Waals surface area (Å²) >= 11 is 0. The van der Waals surface area contributed by atoms with Crippen LogP contribution in [0.15, 0.2) is 18.1 Å². The summed E-state index contributed by atoms with van der Waals surface area (Å²) in [5.41, 5.74) is 2.10. The molecule has 0 amide bonds. The van der Waals surface area contributed by atoms with E-state index < -0.39 is 7.68 Å². The van der Waals surface area contributed by atoms with Gasteiger partial charge in [-0.15, -0.1) is 5.73 Å². The Morgan fingerprint density at radius 1 is 0.923 bits per heavy atom. The monoisotopic (exact) mass is 272 g/mol. The standard InChI is InChI=1S/C3H3O2P.6FH.Fe/c1-2-3-6(4)5;;;;;;;/h3H,1H2;6*1H;/q;;;;;;;+6/p-6. The fourth-order valence-electron chi connectivity index (χ4n) is 0.0745. The normalized spacial score (nSPS) is 2.77. The van der Waals surface area contributed by atoms with Gasteiger partial charge in [-0.25, -0.2) is 9.13 Å². The molecule has 0 aliphatic rings. The zero-order chi connectivity index (χ0) is 4.99. The predicted octanol–water partition coefficient (Wildman–Crippen LogP) is -16.5. The Morgan fingerprint density at radius 2 is 1.15 bits per heavy atom. The fraction of sp³-hybridized carbons (Fsp3) is 0. The second-order valence-corrected chi connectivity index (χ2v) is 1.45. The van der Waals surface area contributed by atoms with E-state index in [0.717, 1.165) is 5.82 Å². The third kappa shape index (κ3) is 164. The van der Waals surface area contributed by atoms with Crippen molar-refractivity contribution in [1.82, 2.24) is 0 Å². The summed E-state index contributed by atoms with van der Waals surface area (Å²) in [6.45, 7) is 3.04. The van der Waals surface area contributed by atoms with Crippen molar-refractivity contribution in [3.8, 4) is 0 Å². The Morgan fingerprint density at radius 3 is 1.15 bits per heavy atom. The zero-order valence-electron chi connectivity index (χ0n) is 5.67. The molecule has 82 valence electrons. The van der Waals surface area contributed by atoms with Crippen LogP contribution >= 0.6 is 7.68 Å². The van der Waals surface area contributed by atoms with Crippen LogP contribution in [0.25, 0.3) is 0 Å². The van der Waals surface area contributed by atoms with Crippen molar-refractivity contribution in [3.63, 3.8) is 0 Å². The van der Waals surface area contributed by atoms with Crippen LogP contribution in [-0.4, -0.2) is 0 Å². The van der Waals surface area contributed by atoms with Crippen molar-refractivity contribution in [2.75, 3.05) is 0 Å². The molecule has 0 radical (unpaired) electrons. The molecule has 0 aliphatic heterocycles. The average molecular weight is 272 g/mol. The molecular weight excluding hydrogens is 269 g/mol. The van der Waals surface area contributed by atoms with E-state index in [2.05, 4.69) is 12.3 Å². The van der Waals surface area contributed by atoms with Gasteiger partial charge in [0.25, 0.3) is 0 Å². The van der Waals surface area contributed by atoms with E-state index in [0.29, 0.717) is 0 Å². The van der Waals surface area contributed by atoms with E-state index in [1.54, 1.807) is 0 Å². The molecular formula is C3H3F6FeO2P. The number of rotatable bonds is 1. The molecule has 0 saturated heterocycles. The first kappa shape index (κ1) is 81.3. The van der Waals surface area contributed by atoms with Crippen LogP contribution in [0.1, 0.15) is 0 Å². The Balaban J connectivity index is -0.00000000595. The van der Waals surface area contributed by atoms with Crippen LogP contribution in [0.4, 0.5) is 0 Å². The number of halogens is 6. The van der Waals surface area contributed by atoms with Gasteiger partial charge in [-0.05, 0) is 0 Å². The van der Waals surface area contributed by atoms with Crippen LogP contribution in [-0.2, 0) is 26.2 Å². The molecule has 0 heterocycles. The molecule has 0 aliphatic carbocycles. The molecule has 0 rings (SSSR count). The van der Waals surface area contributed by atoms with Crippen molar-refractivity contribution >= 4 is 7.68 Å². The van der Waals surface area contributed by atoms with Gasteiger partial charge in [-0.1, -0.05) is 6.58 Å². The third-order valence-corrected chi connectivity index (χ3v) is 0.590. The molecule has 0 aromatic rings. The molecule has 0 N–H and O–H groups in total. The molecule has 0 saturated carbocycles. The van der Waals surface area contributed by atoms with Crippen LogP contribution in [0.2, 0.25) is 0 Å². The quantitative estimate of drug-likeness (QED) is 0.206. The molecule has 0 aromatic carbocycles. The van der Waals surface area contributed by atoms with Gasteiger partial charge in [-0.3, -0.25) is 0 Å². The Labute approximate surface area is 81.0 Å². The van der Waals surface area contributed by atoms with E-state index in [4.69, 9.17) is 0 Å². The van der Waals surface area contributed by atoms with Gasteiger partial charge in [0.05, 0.1) is 5.82 Å². The summed E-state index contributed by atoms with van der Waals surface area (Å²) in [6, 6.07) is 0.